The first kappa shape index (κ1) is 26.6. The van der Waals surface area contributed by atoms with Gasteiger partial charge in [-0.2, -0.15) is 13.2 Å². The molecule has 6 heteroatoms. The lowest BCUT2D eigenvalue weighted by Crippen LogP contribution is -2.17. The Hall–Kier alpha value is -2.42. The van der Waals surface area contributed by atoms with Gasteiger partial charge in [-0.3, -0.25) is 4.90 Å². The smallest absolute Gasteiger partial charge is 0.416 e. The lowest BCUT2D eigenvalue weighted by Gasteiger charge is -2.15. The van der Waals surface area contributed by atoms with Crippen molar-refractivity contribution in [3.8, 4) is 17.6 Å². The molecular weight excluding hydrogens is 423 g/mol. The number of likely N-dealkylation sites (N-methyl/N-ethyl adjacent to an activating group) is 1. The van der Waals surface area contributed by atoms with E-state index in [4.69, 9.17) is 4.74 Å². The van der Waals surface area contributed by atoms with E-state index in [2.05, 4.69) is 37.5 Å². The topological polar surface area (TPSA) is 12.5 Å². The van der Waals surface area contributed by atoms with E-state index in [1.165, 1.54) is 6.07 Å². The van der Waals surface area contributed by atoms with Crippen molar-refractivity contribution < 1.29 is 17.9 Å². The highest BCUT2D eigenvalue weighted by molar-refractivity contribution is 5.85. The summed E-state index contributed by atoms with van der Waals surface area (Å²) in [6.45, 7) is 7.77. The molecule has 0 saturated carbocycles. The second-order valence-electron chi connectivity index (χ2n) is 8.25. The zero-order valence-corrected chi connectivity index (χ0v) is 19.1. The van der Waals surface area contributed by atoms with Crippen molar-refractivity contribution in [1.29, 1.82) is 0 Å². The van der Waals surface area contributed by atoms with Crippen LogP contribution in [0.4, 0.5) is 13.2 Å². The predicted molar refractivity (Wildman–Crippen MR) is 122 cm³/mol. The number of halogens is 4. The zero-order chi connectivity index (χ0) is 22.2. The van der Waals surface area contributed by atoms with Gasteiger partial charge in [0.05, 0.1) is 5.56 Å². The third kappa shape index (κ3) is 10.4. The van der Waals surface area contributed by atoms with Crippen molar-refractivity contribution in [2.45, 2.75) is 40.1 Å². The average Bonchev–Trinajstić information content (AvgIpc) is 2.65. The molecule has 2 rings (SSSR count). The van der Waals surface area contributed by atoms with E-state index >= 15 is 0 Å². The van der Waals surface area contributed by atoms with Gasteiger partial charge >= 0.3 is 6.18 Å². The first-order chi connectivity index (χ1) is 14.0. The van der Waals surface area contributed by atoms with Gasteiger partial charge in [0.1, 0.15) is 12.4 Å². The Morgan fingerprint density at radius 1 is 1.00 bits per heavy atom. The van der Waals surface area contributed by atoms with Gasteiger partial charge in [-0.25, -0.2) is 0 Å². The minimum atomic E-state index is -4.35. The van der Waals surface area contributed by atoms with Crippen LogP contribution in [0.25, 0.3) is 0 Å². The highest BCUT2D eigenvalue weighted by atomic mass is 35.5. The molecule has 0 saturated heterocycles. The number of nitrogens with zero attached hydrogens (tertiary/aromatic N) is 1. The molecule has 0 N–H and O–H groups in total. The number of benzene rings is 2. The monoisotopic (exact) mass is 451 g/mol. The summed E-state index contributed by atoms with van der Waals surface area (Å²) < 4.78 is 44.2. The highest BCUT2D eigenvalue weighted by Gasteiger charge is 2.30. The van der Waals surface area contributed by atoms with Crippen molar-refractivity contribution >= 4 is 12.4 Å². The third-order valence-electron chi connectivity index (χ3n) is 4.08. The molecule has 0 amide bonds. The fourth-order valence-electron chi connectivity index (χ4n) is 2.66. The highest BCUT2D eigenvalue weighted by Crippen LogP contribution is 2.29. The third-order valence-corrected chi connectivity index (χ3v) is 4.08. The van der Waals surface area contributed by atoms with Crippen LogP contribution in [0.3, 0.4) is 0 Å². The molecule has 0 aliphatic carbocycles. The van der Waals surface area contributed by atoms with Crippen LogP contribution in [0.5, 0.6) is 5.75 Å². The Kier molecular flexibility index (Phi) is 10.2. The summed E-state index contributed by atoms with van der Waals surface area (Å²) in [7, 11) is 2.01. The zero-order valence-electron chi connectivity index (χ0n) is 18.3. The standard InChI is InChI=1S/C25H28F3NO.ClH/c1-24(2,3)14-6-5-7-15-29(4)18-20-10-9-13-23(17-20)30-19-21-11-8-12-22(16-21)25(26,27)28;/h5,7-13,16-17H,15,18-19H2,1-4H3;1H/b7-5+;. The van der Waals surface area contributed by atoms with Crippen LogP contribution in [0.2, 0.25) is 0 Å². The molecule has 0 radical (unpaired) electrons. The van der Waals surface area contributed by atoms with Gasteiger partial charge < -0.3 is 4.74 Å². The van der Waals surface area contributed by atoms with Crippen molar-refractivity contribution in [3.63, 3.8) is 0 Å². The molecule has 0 unspecified atom stereocenters. The van der Waals surface area contributed by atoms with Crippen LogP contribution in [0.1, 0.15) is 37.5 Å². The Morgan fingerprint density at radius 3 is 2.35 bits per heavy atom. The second-order valence-corrected chi connectivity index (χ2v) is 8.25. The molecule has 2 nitrogen and oxygen atoms in total. The Morgan fingerprint density at radius 2 is 1.68 bits per heavy atom. The molecule has 168 valence electrons. The molecule has 0 heterocycles. The van der Waals surface area contributed by atoms with Crippen molar-refractivity contribution in [3.05, 3.63) is 77.4 Å². The van der Waals surface area contributed by atoms with E-state index in [9.17, 15) is 13.2 Å². The second kappa shape index (κ2) is 11.8. The Bertz CT molecular complexity index is 921. The molecular formula is C25H29ClF3NO. The number of alkyl halides is 3. The fraction of sp³-hybridized carbons (Fsp3) is 0.360. The van der Waals surface area contributed by atoms with Crippen molar-refractivity contribution in [2.24, 2.45) is 5.41 Å². The molecule has 0 fully saturated rings. The number of ether oxygens (including phenoxy) is 1. The lowest BCUT2D eigenvalue weighted by molar-refractivity contribution is -0.137. The van der Waals surface area contributed by atoms with E-state index in [1.54, 1.807) is 12.1 Å². The van der Waals surface area contributed by atoms with Crippen molar-refractivity contribution in [2.75, 3.05) is 13.6 Å². The van der Waals surface area contributed by atoms with Gasteiger partial charge in [-0.1, -0.05) is 42.2 Å². The van der Waals surface area contributed by atoms with Crippen LogP contribution >= 0.6 is 12.4 Å². The summed E-state index contributed by atoms with van der Waals surface area (Å²) in [5, 5.41) is 0. The largest absolute Gasteiger partial charge is 0.489 e. The molecule has 0 aliphatic heterocycles. The van der Waals surface area contributed by atoms with Gasteiger partial charge in [0.15, 0.2) is 0 Å². The van der Waals surface area contributed by atoms with E-state index < -0.39 is 11.7 Å². The molecule has 2 aromatic rings. The quantitative estimate of drug-likeness (QED) is 0.432. The molecule has 0 aliphatic rings. The van der Waals surface area contributed by atoms with E-state index in [1.807, 2.05) is 37.4 Å². The van der Waals surface area contributed by atoms with Crippen LogP contribution < -0.4 is 4.74 Å². The minimum absolute atomic E-state index is 0. The normalized spacial score (nSPS) is 11.7. The van der Waals surface area contributed by atoms with E-state index in [-0.39, 0.29) is 24.4 Å². The summed E-state index contributed by atoms with van der Waals surface area (Å²) in [4.78, 5) is 2.14. The van der Waals surface area contributed by atoms with Crippen LogP contribution in [-0.4, -0.2) is 18.5 Å². The summed E-state index contributed by atoms with van der Waals surface area (Å²) in [5.74, 6) is 6.84. The minimum Gasteiger partial charge on any atom is -0.489 e. The maximum absolute atomic E-state index is 12.8. The van der Waals surface area contributed by atoms with Crippen molar-refractivity contribution in [1.82, 2.24) is 4.90 Å². The van der Waals surface area contributed by atoms with Gasteiger partial charge in [0.2, 0.25) is 0 Å². The fourth-order valence-corrected chi connectivity index (χ4v) is 2.66. The number of allylic oxidation sites excluding steroid dienone is 1. The van der Waals surface area contributed by atoms with Gasteiger partial charge in [0.25, 0.3) is 0 Å². The SMILES string of the molecule is CN(C/C=C/C#CC(C)(C)C)Cc1cccc(OCc2cccc(C(F)(F)F)c2)c1.Cl. The predicted octanol–water partition coefficient (Wildman–Crippen LogP) is 6.74. The van der Waals surface area contributed by atoms with E-state index in [0.29, 0.717) is 11.3 Å². The van der Waals surface area contributed by atoms with Gasteiger partial charge in [-0.15, -0.1) is 12.4 Å². The number of rotatable bonds is 7. The van der Waals surface area contributed by atoms with Crippen LogP contribution in [0, 0.1) is 17.3 Å². The Labute approximate surface area is 189 Å². The molecule has 0 atom stereocenters. The van der Waals surface area contributed by atoms with Crippen LogP contribution in [-0.2, 0) is 19.3 Å². The van der Waals surface area contributed by atoms with Gasteiger partial charge in [0, 0.05) is 18.5 Å². The summed E-state index contributed by atoms with van der Waals surface area (Å²) in [5.41, 5.74) is 0.867. The molecule has 31 heavy (non-hydrogen) atoms. The number of hydrogen-bond acceptors (Lipinski definition) is 2. The molecule has 0 spiro atoms. The first-order valence-electron chi connectivity index (χ1n) is 9.77. The summed E-state index contributed by atoms with van der Waals surface area (Å²) >= 11 is 0. The first-order valence-corrected chi connectivity index (χ1v) is 9.77. The van der Waals surface area contributed by atoms with Crippen LogP contribution in [0.15, 0.2) is 60.7 Å². The van der Waals surface area contributed by atoms with E-state index in [0.717, 1.165) is 30.8 Å². The summed E-state index contributed by atoms with van der Waals surface area (Å²) in [6, 6.07) is 12.8. The molecule has 0 bridgehead atoms. The lowest BCUT2D eigenvalue weighted by atomic mass is 9.98. The number of hydrogen-bond donors (Lipinski definition) is 0. The molecule has 0 aromatic heterocycles. The Balaban J connectivity index is 0.00000480. The van der Waals surface area contributed by atoms with Gasteiger partial charge in [-0.05, 0) is 69.3 Å². The maximum Gasteiger partial charge on any atom is 0.416 e. The maximum atomic E-state index is 12.8. The average molecular weight is 452 g/mol. The molecule has 2 aromatic carbocycles. The summed E-state index contributed by atoms with van der Waals surface area (Å²) in [6.07, 6.45) is -0.462.